The van der Waals surface area contributed by atoms with E-state index >= 15 is 0 Å². The van der Waals surface area contributed by atoms with Gasteiger partial charge in [-0.3, -0.25) is 9.59 Å². The highest BCUT2D eigenvalue weighted by molar-refractivity contribution is 7.98. The number of carbonyl (C=O) groups is 2. The summed E-state index contributed by atoms with van der Waals surface area (Å²) in [4.78, 5) is 27.4. The van der Waals surface area contributed by atoms with Crippen LogP contribution < -0.4 is 10.1 Å². The van der Waals surface area contributed by atoms with Gasteiger partial charge in [0.05, 0.1) is 7.11 Å². The van der Waals surface area contributed by atoms with E-state index in [-0.39, 0.29) is 11.8 Å². The Bertz CT molecular complexity index is 798. The molecule has 0 aliphatic rings. The highest BCUT2D eigenvalue weighted by Crippen LogP contribution is 2.19. The molecule has 0 saturated carbocycles. The third kappa shape index (κ3) is 7.41. The van der Waals surface area contributed by atoms with Crippen LogP contribution in [0.4, 0.5) is 0 Å². The summed E-state index contributed by atoms with van der Waals surface area (Å²) < 4.78 is 5.31. The number of nitrogens with zero attached hydrogens (tertiary/aromatic N) is 1. The van der Waals surface area contributed by atoms with Crippen LogP contribution in [0.5, 0.6) is 5.75 Å². The summed E-state index contributed by atoms with van der Waals surface area (Å²) in [6, 6.07) is 17.4. The molecule has 6 heteroatoms. The molecular formula is C24H32N2O3S. The lowest BCUT2D eigenvalue weighted by atomic mass is 10.1. The minimum Gasteiger partial charge on any atom is -0.497 e. The van der Waals surface area contributed by atoms with Crippen LogP contribution in [0.2, 0.25) is 0 Å². The van der Waals surface area contributed by atoms with Gasteiger partial charge < -0.3 is 15.0 Å². The fourth-order valence-corrected chi connectivity index (χ4v) is 4.14. The number of benzene rings is 2. The van der Waals surface area contributed by atoms with Crippen LogP contribution in [0.25, 0.3) is 0 Å². The van der Waals surface area contributed by atoms with Gasteiger partial charge in [-0.25, -0.2) is 0 Å². The largest absolute Gasteiger partial charge is 0.497 e. The zero-order chi connectivity index (χ0) is 21.8. The van der Waals surface area contributed by atoms with Gasteiger partial charge >= 0.3 is 0 Å². The lowest BCUT2D eigenvalue weighted by Crippen LogP contribution is -2.49. The second-order valence-corrected chi connectivity index (χ2v) is 8.09. The molecule has 0 radical (unpaired) electrons. The molecule has 162 valence electrons. The molecule has 0 unspecified atom stereocenters. The number of hydrogen-bond acceptors (Lipinski definition) is 4. The minimum absolute atomic E-state index is 0.00325. The first-order valence-corrected chi connectivity index (χ1v) is 11.6. The van der Waals surface area contributed by atoms with Crippen molar-refractivity contribution in [1.29, 1.82) is 0 Å². The Morgan fingerprint density at radius 3 is 2.47 bits per heavy atom. The first-order valence-electron chi connectivity index (χ1n) is 10.4. The van der Waals surface area contributed by atoms with Gasteiger partial charge in [0, 0.05) is 31.0 Å². The van der Waals surface area contributed by atoms with Gasteiger partial charge in [-0.05, 0) is 36.6 Å². The quantitative estimate of drug-likeness (QED) is 0.513. The first-order chi connectivity index (χ1) is 14.6. The minimum atomic E-state index is -0.484. The number of amides is 2. The molecule has 1 N–H and O–H groups in total. The van der Waals surface area contributed by atoms with E-state index in [1.165, 1.54) is 5.56 Å². The smallest absolute Gasteiger partial charge is 0.242 e. The van der Waals surface area contributed by atoms with Crippen molar-refractivity contribution in [2.75, 3.05) is 19.4 Å². The van der Waals surface area contributed by atoms with Gasteiger partial charge in [0.25, 0.3) is 0 Å². The molecule has 0 spiro atoms. The van der Waals surface area contributed by atoms with Crippen molar-refractivity contribution in [2.24, 2.45) is 0 Å². The van der Waals surface area contributed by atoms with E-state index in [0.717, 1.165) is 17.1 Å². The molecule has 0 heterocycles. The topological polar surface area (TPSA) is 58.6 Å². The maximum Gasteiger partial charge on any atom is 0.242 e. The zero-order valence-corrected chi connectivity index (χ0v) is 18.9. The monoisotopic (exact) mass is 428 g/mol. The predicted octanol–water partition coefficient (Wildman–Crippen LogP) is 4.26. The number of methoxy groups -OCH3 is 1. The second-order valence-electron chi connectivity index (χ2n) is 6.98. The molecule has 0 aliphatic heterocycles. The van der Waals surface area contributed by atoms with E-state index in [9.17, 15) is 9.59 Å². The summed E-state index contributed by atoms with van der Waals surface area (Å²) in [6.07, 6.45) is 0.968. The van der Waals surface area contributed by atoms with Crippen molar-refractivity contribution < 1.29 is 14.3 Å². The first kappa shape index (κ1) is 23.8. The van der Waals surface area contributed by atoms with E-state index in [2.05, 4.69) is 17.4 Å². The van der Waals surface area contributed by atoms with Crippen LogP contribution in [0.15, 0.2) is 54.6 Å². The molecule has 0 aromatic heterocycles. The van der Waals surface area contributed by atoms with Gasteiger partial charge in [0.1, 0.15) is 11.8 Å². The molecule has 2 rings (SSSR count). The molecule has 0 aliphatic carbocycles. The molecule has 2 aromatic rings. The Labute approximate surface area is 184 Å². The van der Waals surface area contributed by atoms with Gasteiger partial charge in [0.15, 0.2) is 0 Å². The van der Waals surface area contributed by atoms with Crippen LogP contribution in [0.3, 0.4) is 0 Å². The predicted molar refractivity (Wildman–Crippen MR) is 124 cm³/mol. The standard InChI is InChI=1S/C24H32N2O3S/c1-4-22(24(28)25-5-2)26(17-20-12-9-13-21(16-20)29-3)23(27)14-15-30-18-19-10-7-6-8-11-19/h6-13,16,22H,4-5,14-15,17-18H2,1-3H3,(H,25,28)/t22-/m1/s1. The average Bonchev–Trinajstić information content (AvgIpc) is 2.77. The maximum atomic E-state index is 13.1. The zero-order valence-electron chi connectivity index (χ0n) is 18.1. The fraction of sp³-hybridized carbons (Fsp3) is 0.417. The lowest BCUT2D eigenvalue weighted by molar-refractivity contribution is -0.141. The summed E-state index contributed by atoms with van der Waals surface area (Å²) >= 11 is 1.73. The van der Waals surface area contributed by atoms with E-state index in [0.29, 0.717) is 31.7 Å². The molecule has 2 aromatic carbocycles. The molecule has 30 heavy (non-hydrogen) atoms. The number of hydrogen-bond donors (Lipinski definition) is 1. The molecule has 5 nitrogen and oxygen atoms in total. The third-order valence-corrected chi connectivity index (χ3v) is 5.83. The number of rotatable bonds is 12. The van der Waals surface area contributed by atoms with Gasteiger partial charge in [-0.1, -0.05) is 49.4 Å². The van der Waals surface area contributed by atoms with Crippen molar-refractivity contribution in [3.05, 3.63) is 65.7 Å². The van der Waals surface area contributed by atoms with Crippen LogP contribution in [0.1, 0.15) is 37.8 Å². The Balaban J connectivity index is 2.06. The Morgan fingerprint density at radius 2 is 1.80 bits per heavy atom. The van der Waals surface area contributed by atoms with Crippen molar-refractivity contribution in [1.82, 2.24) is 10.2 Å². The Kier molecular flexibility index (Phi) is 10.3. The summed E-state index contributed by atoms with van der Waals surface area (Å²) in [5, 5.41) is 2.87. The molecule has 0 saturated heterocycles. The second kappa shape index (κ2) is 13.0. The molecule has 0 fully saturated rings. The normalized spacial score (nSPS) is 11.6. The lowest BCUT2D eigenvalue weighted by Gasteiger charge is -2.30. The SMILES string of the molecule is CCNC(=O)[C@@H](CC)N(Cc1cccc(OC)c1)C(=O)CCSCc1ccccc1. The van der Waals surface area contributed by atoms with Crippen molar-refractivity contribution in [3.8, 4) is 5.75 Å². The van der Waals surface area contributed by atoms with Crippen molar-refractivity contribution in [3.63, 3.8) is 0 Å². The summed E-state index contributed by atoms with van der Waals surface area (Å²) in [5.74, 6) is 2.22. The Morgan fingerprint density at radius 1 is 1.07 bits per heavy atom. The average molecular weight is 429 g/mol. The highest BCUT2D eigenvalue weighted by Gasteiger charge is 2.28. The van der Waals surface area contributed by atoms with E-state index < -0.39 is 6.04 Å². The maximum absolute atomic E-state index is 13.1. The molecule has 2 amide bonds. The summed E-state index contributed by atoms with van der Waals surface area (Å²) in [7, 11) is 1.62. The van der Waals surface area contributed by atoms with E-state index in [1.54, 1.807) is 23.8 Å². The molecular weight excluding hydrogens is 396 g/mol. The van der Waals surface area contributed by atoms with Crippen molar-refractivity contribution in [2.45, 2.75) is 45.0 Å². The van der Waals surface area contributed by atoms with Gasteiger partial charge in [-0.15, -0.1) is 0 Å². The number of nitrogens with one attached hydrogen (secondary N) is 1. The number of thioether (sulfide) groups is 1. The van der Waals surface area contributed by atoms with Crippen LogP contribution in [-0.4, -0.2) is 42.2 Å². The van der Waals surface area contributed by atoms with Gasteiger partial charge in [0.2, 0.25) is 11.8 Å². The van der Waals surface area contributed by atoms with Crippen molar-refractivity contribution >= 4 is 23.6 Å². The number of likely N-dealkylation sites (N-methyl/N-ethyl adjacent to an activating group) is 1. The molecule has 0 bridgehead atoms. The number of carbonyl (C=O) groups excluding carboxylic acids is 2. The Hall–Kier alpha value is -2.47. The highest BCUT2D eigenvalue weighted by atomic mass is 32.2. The number of ether oxygens (including phenoxy) is 1. The van der Waals surface area contributed by atoms with Crippen LogP contribution >= 0.6 is 11.8 Å². The van der Waals surface area contributed by atoms with E-state index in [1.807, 2.05) is 56.3 Å². The summed E-state index contributed by atoms with van der Waals surface area (Å²) in [5.41, 5.74) is 2.19. The van der Waals surface area contributed by atoms with Gasteiger partial charge in [-0.2, -0.15) is 11.8 Å². The third-order valence-electron chi connectivity index (χ3n) is 4.80. The van der Waals surface area contributed by atoms with Crippen LogP contribution in [0, 0.1) is 0 Å². The van der Waals surface area contributed by atoms with Crippen LogP contribution in [-0.2, 0) is 21.9 Å². The summed E-state index contributed by atoms with van der Waals surface area (Å²) in [6.45, 7) is 4.76. The fourth-order valence-electron chi connectivity index (χ4n) is 3.25. The molecule has 1 atom stereocenters. The van der Waals surface area contributed by atoms with E-state index in [4.69, 9.17) is 4.74 Å².